The second-order valence-corrected chi connectivity index (χ2v) is 5.28. The van der Waals surface area contributed by atoms with Crippen molar-refractivity contribution in [3.05, 3.63) is 34.2 Å². The first-order valence-corrected chi connectivity index (χ1v) is 6.37. The highest BCUT2D eigenvalue weighted by Gasteiger charge is 2.52. The average molecular weight is 248 g/mol. The normalized spacial score (nSPS) is 16.8. The molecule has 0 unspecified atom stereocenters. The van der Waals surface area contributed by atoms with Gasteiger partial charge in [-0.15, -0.1) is 11.3 Å². The summed E-state index contributed by atoms with van der Waals surface area (Å²) in [5.74, 6) is 1.21. The predicted molar refractivity (Wildman–Crippen MR) is 65.1 cm³/mol. The lowest BCUT2D eigenvalue weighted by atomic mass is 10.0. The van der Waals surface area contributed by atoms with E-state index in [0.29, 0.717) is 11.6 Å². The fourth-order valence-corrected chi connectivity index (χ4v) is 2.91. The van der Waals surface area contributed by atoms with E-state index < -0.39 is 0 Å². The maximum atomic E-state index is 12.2. The lowest BCUT2D eigenvalue weighted by Crippen LogP contribution is -2.27. The Hall–Kier alpha value is -1.62. The van der Waals surface area contributed by atoms with Gasteiger partial charge in [-0.1, -0.05) is 11.2 Å². The van der Waals surface area contributed by atoms with E-state index in [1.54, 1.807) is 24.3 Å². The highest BCUT2D eigenvalue weighted by atomic mass is 32.1. The minimum Gasteiger partial charge on any atom is -0.360 e. The van der Waals surface area contributed by atoms with Gasteiger partial charge >= 0.3 is 0 Å². The zero-order valence-electron chi connectivity index (χ0n) is 9.40. The minimum absolute atomic E-state index is 0.0215. The molecule has 1 aliphatic carbocycles. The molecule has 17 heavy (non-hydrogen) atoms. The van der Waals surface area contributed by atoms with E-state index in [4.69, 9.17) is 4.52 Å². The van der Waals surface area contributed by atoms with Gasteiger partial charge in [-0.3, -0.25) is 4.79 Å². The fraction of sp³-hybridized carbons (Fsp3) is 0.333. The van der Waals surface area contributed by atoms with Gasteiger partial charge in [-0.25, -0.2) is 0 Å². The van der Waals surface area contributed by atoms with Gasteiger partial charge < -0.3 is 9.84 Å². The maximum Gasteiger partial charge on any atom is 0.237 e. The summed E-state index contributed by atoms with van der Waals surface area (Å²) in [6, 6.07) is 5.72. The van der Waals surface area contributed by atoms with Gasteiger partial charge in [0.05, 0.1) is 5.41 Å². The van der Waals surface area contributed by atoms with Crippen molar-refractivity contribution in [3.8, 4) is 0 Å². The van der Waals surface area contributed by atoms with Crippen molar-refractivity contribution in [2.75, 3.05) is 5.32 Å². The third-order valence-electron chi connectivity index (χ3n) is 3.05. The van der Waals surface area contributed by atoms with Gasteiger partial charge in [0, 0.05) is 10.9 Å². The number of thiophene rings is 1. The Morgan fingerprint density at radius 2 is 2.41 bits per heavy atom. The van der Waals surface area contributed by atoms with E-state index >= 15 is 0 Å². The van der Waals surface area contributed by atoms with Gasteiger partial charge in [-0.2, -0.15) is 0 Å². The molecule has 0 saturated heterocycles. The molecule has 0 spiro atoms. The molecule has 0 bridgehead atoms. The molecular weight excluding hydrogens is 236 g/mol. The first-order valence-electron chi connectivity index (χ1n) is 5.49. The molecule has 0 aliphatic heterocycles. The number of hydrogen-bond donors (Lipinski definition) is 1. The third kappa shape index (κ3) is 1.76. The molecule has 1 aliphatic rings. The molecule has 4 nitrogen and oxygen atoms in total. The van der Waals surface area contributed by atoms with E-state index in [1.807, 2.05) is 17.5 Å². The zero-order chi connectivity index (χ0) is 11.9. The van der Waals surface area contributed by atoms with Crippen LogP contribution in [0.1, 0.15) is 23.5 Å². The summed E-state index contributed by atoms with van der Waals surface area (Å²) >= 11 is 1.63. The summed E-state index contributed by atoms with van der Waals surface area (Å²) in [7, 11) is 0. The molecule has 2 heterocycles. The Morgan fingerprint density at radius 1 is 1.59 bits per heavy atom. The van der Waals surface area contributed by atoms with E-state index in [9.17, 15) is 4.79 Å². The lowest BCUT2D eigenvalue weighted by Gasteiger charge is -2.11. The van der Waals surface area contributed by atoms with Crippen LogP contribution in [0.3, 0.4) is 0 Å². The third-order valence-corrected chi connectivity index (χ3v) is 4.12. The standard InChI is InChI=1S/C12H12N2O2S/c1-8-7-10(14-16-8)13-11(15)12(4-5-12)9-3-2-6-17-9/h2-3,6-7H,4-5H2,1H3,(H,13,14,15). The molecule has 0 radical (unpaired) electrons. The molecule has 1 amide bonds. The van der Waals surface area contributed by atoms with Crippen LogP contribution in [0.5, 0.6) is 0 Å². The molecule has 88 valence electrons. The lowest BCUT2D eigenvalue weighted by molar-refractivity contribution is -0.118. The first-order chi connectivity index (χ1) is 8.21. The number of aromatic nitrogens is 1. The highest BCUT2D eigenvalue weighted by molar-refractivity contribution is 7.10. The molecule has 0 aromatic carbocycles. The molecule has 2 aromatic rings. The predicted octanol–water partition coefficient (Wildman–Crippen LogP) is 2.71. The van der Waals surface area contributed by atoms with Crippen molar-refractivity contribution in [2.45, 2.75) is 25.2 Å². The molecule has 1 N–H and O–H groups in total. The van der Waals surface area contributed by atoms with Crippen molar-refractivity contribution < 1.29 is 9.32 Å². The molecule has 5 heteroatoms. The topological polar surface area (TPSA) is 55.1 Å². The fourth-order valence-electron chi connectivity index (χ4n) is 1.92. The second kappa shape index (κ2) is 3.70. The number of nitrogens with one attached hydrogen (secondary N) is 1. The molecule has 0 atom stereocenters. The molecule has 2 aromatic heterocycles. The van der Waals surface area contributed by atoms with Crippen LogP contribution in [0, 0.1) is 6.92 Å². The largest absolute Gasteiger partial charge is 0.360 e. The van der Waals surface area contributed by atoms with Gasteiger partial charge in [0.15, 0.2) is 5.82 Å². The molecular formula is C12H12N2O2S. The Morgan fingerprint density at radius 3 is 2.94 bits per heavy atom. The van der Waals surface area contributed by atoms with Crippen LogP contribution in [-0.4, -0.2) is 11.1 Å². The van der Waals surface area contributed by atoms with Crippen LogP contribution in [0.2, 0.25) is 0 Å². The van der Waals surface area contributed by atoms with Gasteiger partial charge in [0.2, 0.25) is 5.91 Å². The first kappa shape index (κ1) is 10.5. The van der Waals surface area contributed by atoms with E-state index in [2.05, 4.69) is 10.5 Å². The number of aryl methyl sites for hydroxylation is 1. The maximum absolute atomic E-state index is 12.2. The van der Waals surface area contributed by atoms with Crippen molar-refractivity contribution >= 4 is 23.1 Å². The van der Waals surface area contributed by atoms with Crippen LogP contribution >= 0.6 is 11.3 Å². The summed E-state index contributed by atoms with van der Waals surface area (Å²) in [5.41, 5.74) is -0.318. The Labute approximate surface area is 103 Å². The van der Waals surface area contributed by atoms with E-state index in [1.165, 1.54) is 0 Å². The number of anilines is 1. The Balaban J connectivity index is 1.79. The van der Waals surface area contributed by atoms with Crippen molar-refractivity contribution in [3.63, 3.8) is 0 Å². The molecule has 1 fully saturated rings. The smallest absolute Gasteiger partial charge is 0.237 e. The number of carbonyl (C=O) groups excluding carboxylic acids is 1. The number of hydrogen-bond acceptors (Lipinski definition) is 4. The summed E-state index contributed by atoms with van der Waals surface area (Å²) in [6.07, 6.45) is 1.83. The van der Waals surface area contributed by atoms with E-state index in [0.717, 1.165) is 17.7 Å². The summed E-state index contributed by atoms with van der Waals surface area (Å²) in [5, 5.41) is 8.59. The Bertz CT molecular complexity index is 541. The second-order valence-electron chi connectivity index (χ2n) is 4.34. The monoisotopic (exact) mass is 248 g/mol. The number of rotatable bonds is 3. The van der Waals surface area contributed by atoms with E-state index in [-0.39, 0.29) is 11.3 Å². The van der Waals surface area contributed by atoms with Crippen LogP contribution in [-0.2, 0) is 10.2 Å². The zero-order valence-corrected chi connectivity index (χ0v) is 10.2. The van der Waals surface area contributed by atoms with Crippen molar-refractivity contribution in [2.24, 2.45) is 0 Å². The van der Waals surface area contributed by atoms with Gasteiger partial charge in [0.1, 0.15) is 5.76 Å². The van der Waals surface area contributed by atoms with Crippen LogP contribution < -0.4 is 5.32 Å². The van der Waals surface area contributed by atoms with Crippen molar-refractivity contribution in [1.82, 2.24) is 5.16 Å². The number of carbonyl (C=O) groups is 1. The molecule has 3 rings (SSSR count). The quantitative estimate of drug-likeness (QED) is 0.908. The number of amides is 1. The minimum atomic E-state index is -0.318. The van der Waals surface area contributed by atoms with Crippen LogP contribution in [0.25, 0.3) is 0 Å². The summed E-state index contributed by atoms with van der Waals surface area (Å²) < 4.78 is 4.93. The average Bonchev–Trinajstić information content (AvgIpc) is 2.74. The van der Waals surface area contributed by atoms with Gasteiger partial charge in [-0.05, 0) is 31.2 Å². The highest BCUT2D eigenvalue weighted by Crippen LogP contribution is 2.50. The SMILES string of the molecule is Cc1cc(NC(=O)C2(c3cccs3)CC2)no1. The van der Waals surface area contributed by atoms with Crippen LogP contribution in [0.15, 0.2) is 28.1 Å². The summed E-state index contributed by atoms with van der Waals surface area (Å²) in [6.45, 7) is 1.80. The molecule has 1 saturated carbocycles. The van der Waals surface area contributed by atoms with Gasteiger partial charge in [0.25, 0.3) is 0 Å². The number of nitrogens with zero attached hydrogens (tertiary/aromatic N) is 1. The van der Waals surface area contributed by atoms with Crippen molar-refractivity contribution in [1.29, 1.82) is 0 Å². The Kier molecular flexibility index (Phi) is 2.29. The van der Waals surface area contributed by atoms with Crippen LogP contribution in [0.4, 0.5) is 5.82 Å². The summed E-state index contributed by atoms with van der Waals surface area (Å²) in [4.78, 5) is 13.4.